The molecule has 2 heterocycles. The minimum Gasteiger partial charge on any atom is -0.378 e. The Hall–Kier alpha value is -2.40. The van der Waals surface area contributed by atoms with E-state index in [1.165, 1.54) is 29.8 Å². The molecule has 3 aromatic rings. The van der Waals surface area contributed by atoms with Gasteiger partial charge in [0.25, 0.3) is 0 Å². The van der Waals surface area contributed by atoms with Crippen molar-refractivity contribution in [2.45, 2.75) is 32.1 Å². The van der Waals surface area contributed by atoms with Crippen molar-refractivity contribution < 1.29 is 4.79 Å². The lowest BCUT2D eigenvalue weighted by molar-refractivity contribution is 0.104. The molecule has 5 heteroatoms. The van der Waals surface area contributed by atoms with E-state index in [1.807, 2.05) is 32.3 Å². The van der Waals surface area contributed by atoms with Gasteiger partial charge >= 0.3 is 0 Å². The summed E-state index contributed by atoms with van der Waals surface area (Å²) in [7, 11) is 4.03. The minimum absolute atomic E-state index is 0.0130. The zero-order valence-corrected chi connectivity index (χ0v) is 16.1. The molecule has 4 rings (SSSR count). The van der Waals surface area contributed by atoms with Gasteiger partial charge in [0.1, 0.15) is 5.69 Å². The van der Waals surface area contributed by atoms with Crippen molar-refractivity contribution in [3.8, 4) is 0 Å². The van der Waals surface area contributed by atoms with Crippen LogP contribution in [0.4, 0.5) is 5.69 Å². The second kappa shape index (κ2) is 7.08. The molecule has 1 aliphatic carbocycles. The zero-order valence-electron chi connectivity index (χ0n) is 15.2. The van der Waals surface area contributed by atoms with Gasteiger partial charge in [0.2, 0.25) is 5.78 Å². The monoisotopic (exact) mass is 365 g/mol. The molecular weight excluding hydrogens is 342 g/mol. The average molecular weight is 366 g/mol. The molecule has 0 radical (unpaired) electrons. The van der Waals surface area contributed by atoms with Crippen LogP contribution in [0.3, 0.4) is 0 Å². The first-order chi connectivity index (χ1) is 12.6. The molecule has 0 unspecified atom stereocenters. The number of anilines is 1. The Bertz CT molecular complexity index is 963. The van der Waals surface area contributed by atoms with Gasteiger partial charge in [0.05, 0.1) is 6.20 Å². The molecule has 0 aliphatic heterocycles. The van der Waals surface area contributed by atoms with Crippen LogP contribution in [0.15, 0.2) is 36.5 Å². The molecular formula is C21H23N3OS. The van der Waals surface area contributed by atoms with Crippen molar-refractivity contribution in [2.24, 2.45) is 0 Å². The molecule has 2 aromatic heterocycles. The van der Waals surface area contributed by atoms with Gasteiger partial charge in [-0.3, -0.25) is 9.20 Å². The van der Waals surface area contributed by atoms with Crippen molar-refractivity contribution in [1.29, 1.82) is 0 Å². The van der Waals surface area contributed by atoms with Crippen LogP contribution in [0.5, 0.6) is 0 Å². The maximum absolute atomic E-state index is 12.8. The Labute approximate surface area is 157 Å². The van der Waals surface area contributed by atoms with E-state index < -0.39 is 0 Å². The maximum atomic E-state index is 12.8. The SMILES string of the molecule is CN(C)c1ccc(/C=C/C(=O)c2cnc3sc4c(n23)CCCCC4)cc1. The molecule has 4 nitrogen and oxygen atoms in total. The van der Waals surface area contributed by atoms with Crippen LogP contribution in [0, 0.1) is 0 Å². The van der Waals surface area contributed by atoms with Crippen molar-refractivity contribution in [1.82, 2.24) is 9.38 Å². The summed E-state index contributed by atoms with van der Waals surface area (Å²) in [4.78, 5) is 21.7. The highest BCUT2D eigenvalue weighted by Crippen LogP contribution is 2.30. The Morgan fingerprint density at radius 2 is 1.92 bits per heavy atom. The number of hydrogen-bond acceptors (Lipinski definition) is 4. The van der Waals surface area contributed by atoms with E-state index in [9.17, 15) is 4.79 Å². The quantitative estimate of drug-likeness (QED) is 0.384. The molecule has 1 aliphatic rings. The fraction of sp³-hybridized carbons (Fsp3) is 0.333. The van der Waals surface area contributed by atoms with Crippen molar-refractivity contribution >= 4 is 33.8 Å². The fourth-order valence-electron chi connectivity index (χ4n) is 3.48. The highest BCUT2D eigenvalue weighted by atomic mass is 32.1. The molecule has 0 fully saturated rings. The first kappa shape index (κ1) is 17.0. The van der Waals surface area contributed by atoms with Gasteiger partial charge in [-0.1, -0.05) is 24.6 Å². The number of allylic oxidation sites excluding steroid dienone is 1. The normalized spacial score (nSPS) is 14.5. The fourth-order valence-corrected chi connectivity index (χ4v) is 4.66. The predicted octanol–water partition coefficient (Wildman–Crippen LogP) is 4.63. The molecule has 0 N–H and O–H groups in total. The van der Waals surface area contributed by atoms with E-state index in [0.717, 1.165) is 29.1 Å². The maximum Gasteiger partial charge on any atom is 0.204 e. The van der Waals surface area contributed by atoms with Gasteiger partial charge in [0, 0.05) is 30.4 Å². The standard InChI is InChI=1S/C21H23N3OS/c1-23(2)16-11-8-15(9-12-16)10-13-19(25)18-14-22-21-24(18)17-6-4-3-5-7-20(17)26-21/h8-14H,3-7H2,1-2H3/b13-10+. The number of imidazole rings is 1. The molecule has 0 atom stereocenters. The third kappa shape index (κ3) is 3.19. The summed E-state index contributed by atoms with van der Waals surface area (Å²) in [5.41, 5.74) is 4.15. The number of carbonyl (C=O) groups excluding carboxylic acids is 1. The van der Waals surface area contributed by atoms with Gasteiger partial charge in [-0.15, -0.1) is 11.3 Å². The first-order valence-corrected chi connectivity index (χ1v) is 9.93. The summed E-state index contributed by atoms with van der Waals surface area (Å²) in [5, 5.41) is 0. The summed E-state index contributed by atoms with van der Waals surface area (Å²) in [6.07, 6.45) is 11.1. The van der Waals surface area contributed by atoms with Crippen molar-refractivity contribution in [2.75, 3.05) is 19.0 Å². The Morgan fingerprint density at radius 1 is 1.15 bits per heavy atom. The average Bonchev–Trinajstić information content (AvgIpc) is 3.11. The molecule has 0 amide bonds. The van der Waals surface area contributed by atoms with Gasteiger partial charge in [-0.05, 0) is 49.5 Å². The summed E-state index contributed by atoms with van der Waals surface area (Å²) >= 11 is 1.74. The summed E-state index contributed by atoms with van der Waals surface area (Å²) in [6, 6.07) is 8.17. The molecule has 0 spiro atoms. The van der Waals surface area contributed by atoms with Crippen LogP contribution >= 0.6 is 11.3 Å². The van der Waals surface area contributed by atoms with Crippen molar-refractivity contribution in [3.05, 3.63) is 58.4 Å². The molecule has 1 aromatic carbocycles. The van der Waals surface area contributed by atoms with Gasteiger partial charge in [-0.25, -0.2) is 4.98 Å². The van der Waals surface area contributed by atoms with Crippen LogP contribution in [-0.2, 0) is 12.8 Å². The van der Waals surface area contributed by atoms with E-state index in [0.29, 0.717) is 5.69 Å². The van der Waals surface area contributed by atoms with Crippen LogP contribution in [0.1, 0.15) is 45.9 Å². The van der Waals surface area contributed by atoms with Gasteiger partial charge in [0.15, 0.2) is 4.96 Å². The molecule has 26 heavy (non-hydrogen) atoms. The number of thiazole rings is 1. The van der Waals surface area contributed by atoms with Crippen LogP contribution in [-0.4, -0.2) is 29.3 Å². The Balaban J connectivity index is 1.61. The van der Waals surface area contributed by atoms with Crippen molar-refractivity contribution in [3.63, 3.8) is 0 Å². The number of aryl methyl sites for hydroxylation is 2. The van der Waals surface area contributed by atoms with E-state index in [2.05, 4.69) is 26.4 Å². The second-order valence-corrected chi connectivity index (χ2v) is 8.04. The number of ketones is 1. The third-order valence-corrected chi connectivity index (χ3v) is 6.10. The topological polar surface area (TPSA) is 37.6 Å². The summed E-state index contributed by atoms with van der Waals surface area (Å²) < 4.78 is 2.09. The lowest BCUT2D eigenvalue weighted by Crippen LogP contribution is -2.07. The number of hydrogen-bond donors (Lipinski definition) is 0. The van der Waals surface area contributed by atoms with E-state index in [-0.39, 0.29) is 5.78 Å². The zero-order chi connectivity index (χ0) is 18.1. The highest BCUT2D eigenvalue weighted by Gasteiger charge is 2.20. The summed E-state index contributed by atoms with van der Waals surface area (Å²) in [6.45, 7) is 0. The lowest BCUT2D eigenvalue weighted by atomic mass is 10.1. The smallest absolute Gasteiger partial charge is 0.204 e. The molecule has 0 bridgehead atoms. The van der Waals surface area contributed by atoms with E-state index >= 15 is 0 Å². The lowest BCUT2D eigenvalue weighted by Gasteiger charge is -2.11. The Kier molecular flexibility index (Phi) is 4.64. The second-order valence-electron chi connectivity index (χ2n) is 6.98. The molecule has 0 saturated carbocycles. The van der Waals surface area contributed by atoms with Crippen LogP contribution < -0.4 is 4.90 Å². The predicted molar refractivity (Wildman–Crippen MR) is 108 cm³/mol. The van der Waals surface area contributed by atoms with Gasteiger partial charge in [-0.2, -0.15) is 0 Å². The number of carbonyl (C=O) groups is 1. The number of benzene rings is 1. The number of rotatable bonds is 4. The number of nitrogens with zero attached hydrogens (tertiary/aromatic N) is 3. The Morgan fingerprint density at radius 3 is 2.69 bits per heavy atom. The molecule has 0 saturated heterocycles. The van der Waals surface area contributed by atoms with E-state index in [4.69, 9.17) is 0 Å². The van der Waals surface area contributed by atoms with Crippen LogP contribution in [0.2, 0.25) is 0 Å². The van der Waals surface area contributed by atoms with Gasteiger partial charge < -0.3 is 4.90 Å². The minimum atomic E-state index is 0.0130. The third-order valence-electron chi connectivity index (χ3n) is 4.94. The van der Waals surface area contributed by atoms with Crippen LogP contribution in [0.25, 0.3) is 11.0 Å². The molecule has 134 valence electrons. The van der Waals surface area contributed by atoms with E-state index in [1.54, 1.807) is 23.6 Å². The number of fused-ring (bicyclic) bond motifs is 3. The number of aromatic nitrogens is 2. The first-order valence-electron chi connectivity index (χ1n) is 9.11. The highest BCUT2D eigenvalue weighted by molar-refractivity contribution is 7.17. The summed E-state index contributed by atoms with van der Waals surface area (Å²) in [5.74, 6) is 0.0130. The largest absolute Gasteiger partial charge is 0.378 e.